The molecule has 1 rings (SSSR count). The van der Waals surface area contributed by atoms with E-state index in [9.17, 15) is 9.18 Å². The summed E-state index contributed by atoms with van der Waals surface area (Å²) in [5.41, 5.74) is -1.16. The minimum Gasteiger partial charge on any atom is -0.344 e. The van der Waals surface area contributed by atoms with Crippen LogP contribution in [0.1, 0.15) is 28.1 Å². The maximum atomic E-state index is 13.3. The van der Waals surface area contributed by atoms with Crippen molar-refractivity contribution in [2.75, 3.05) is 13.1 Å². The molecule has 0 aromatic carbocycles. The van der Waals surface area contributed by atoms with Gasteiger partial charge in [-0.3, -0.25) is 4.79 Å². The third-order valence-electron chi connectivity index (χ3n) is 2.09. The molecule has 0 saturated carbocycles. The summed E-state index contributed by atoms with van der Waals surface area (Å²) in [4.78, 5) is 12.4. The lowest BCUT2D eigenvalue weighted by Gasteiger charge is -2.34. The molecular formula is C8H19FN2O. The van der Waals surface area contributed by atoms with Crippen molar-refractivity contribution in [2.45, 2.75) is 32.4 Å². The molecule has 3 N–H and O–H groups in total. The summed E-state index contributed by atoms with van der Waals surface area (Å²) in [5.74, 6) is -0.0198. The zero-order chi connectivity index (χ0) is 8.48. The molecule has 1 fully saturated rings. The van der Waals surface area contributed by atoms with Crippen LogP contribution in [0.4, 0.5) is 4.39 Å². The molecule has 1 atom stereocenters. The van der Waals surface area contributed by atoms with E-state index in [0.717, 1.165) is 13.0 Å². The first-order valence-electron chi connectivity index (χ1n) is 3.96. The van der Waals surface area contributed by atoms with Crippen LogP contribution in [-0.4, -0.2) is 29.6 Å². The predicted octanol–water partition coefficient (Wildman–Crippen LogP) is 1.76. The Labute approximate surface area is 74.0 Å². The van der Waals surface area contributed by atoms with Crippen molar-refractivity contribution in [3.8, 4) is 0 Å². The fraction of sp³-hybridized carbons (Fsp3) is 0.875. The summed E-state index contributed by atoms with van der Waals surface area (Å²) in [6, 6.07) is 0. The Morgan fingerprint density at radius 2 is 2.25 bits per heavy atom. The molecule has 0 bridgehead atoms. The van der Waals surface area contributed by atoms with Gasteiger partial charge in [0.1, 0.15) is 5.67 Å². The van der Waals surface area contributed by atoms with Crippen molar-refractivity contribution in [1.82, 2.24) is 11.1 Å². The second-order valence-corrected chi connectivity index (χ2v) is 3.46. The van der Waals surface area contributed by atoms with Crippen LogP contribution in [0.5, 0.6) is 0 Å². The summed E-state index contributed by atoms with van der Waals surface area (Å²) < 4.78 is 13.3. The molecule has 3 nitrogen and oxygen atoms in total. The summed E-state index contributed by atoms with van der Waals surface area (Å²) in [6.07, 6.45) is 1.36. The highest BCUT2D eigenvalue weighted by atomic mass is 19.1. The number of piperidine rings is 1. The highest BCUT2D eigenvalue weighted by molar-refractivity contribution is 5.73. The first-order valence-corrected chi connectivity index (χ1v) is 3.96. The van der Waals surface area contributed by atoms with Gasteiger partial charge < -0.3 is 11.1 Å². The van der Waals surface area contributed by atoms with Crippen molar-refractivity contribution in [3.05, 3.63) is 0 Å². The number of nitrogens with zero attached hydrogens (tertiary/aromatic N) is 1. The van der Waals surface area contributed by atoms with Crippen LogP contribution >= 0.6 is 0 Å². The number of halogens is 1. The Balaban J connectivity index is 0. The summed E-state index contributed by atoms with van der Waals surface area (Å²) in [6.45, 7) is 4.03. The summed E-state index contributed by atoms with van der Waals surface area (Å²) >= 11 is 0. The SMILES string of the molecule is CC(=O)N1CCCC(C)(F)C1.N.[HH]. The third-order valence-corrected chi connectivity index (χ3v) is 2.09. The molecule has 12 heavy (non-hydrogen) atoms. The van der Waals surface area contributed by atoms with E-state index in [1.54, 1.807) is 11.8 Å². The summed E-state index contributed by atoms with van der Waals surface area (Å²) in [5, 5.41) is 0. The van der Waals surface area contributed by atoms with Crippen LogP contribution < -0.4 is 6.15 Å². The second kappa shape index (κ2) is 3.85. The van der Waals surface area contributed by atoms with Crippen LogP contribution in [0, 0.1) is 0 Å². The number of amides is 1. The quantitative estimate of drug-likeness (QED) is 0.614. The van der Waals surface area contributed by atoms with Gasteiger partial charge in [-0.25, -0.2) is 4.39 Å². The van der Waals surface area contributed by atoms with Crippen LogP contribution in [0.2, 0.25) is 0 Å². The van der Waals surface area contributed by atoms with E-state index in [2.05, 4.69) is 0 Å². The van der Waals surface area contributed by atoms with Gasteiger partial charge in [0.05, 0.1) is 6.54 Å². The van der Waals surface area contributed by atoms with Crippen molar-refractivity contribution in [1.29, 1.82) is 0 Å². The normalized spacial score (nSPS) is 29.4. The number of carbonyl (C=O) groups excluding carboxylic acids is 1. The monoisotopic (exact) mass is 178 g/mol. The van der Waals surface area contributed by atoms with Crippen LogP contribution in [0.3, 0.4) is 0 Å². The Kier molecular flexibility index (Phi) is 3.64. The van der Waals surface area contributed by atoms with E-state index in [-0.39, 0.29) is 20.0 Å². The average Bonchev–Trinajstić information content (AvgIpc) is 1.85. The molecule has 0 aromatic heterocycles. The first-order chi connectivity index (χ1) is 5.01. The second-order valence-electron chi connectivity index (χ2n) is 3.46. The van der Waals surface area contributed by atoms with Gasteiger partial charge in [0, 0.05) is 14.9 Å². The van der Waals surface area contributed by atoms with Gasteiger partial charge in [-0.1, -0.05) is 0 Å². The summed E-state index contributed by atoms with van der Waals surface area (Å²) in [7, 11) is 0. The van der Waals surface area contributed by atoms with E-state index >= 15 is 0 Å². The van der Waals surface area contributed by atoms with Crippen molar-refractivity contribution < 1.29 is 10.6 Å². The highest BCUT2D eigenvalue weighted by Gasteiger charge is 2.31. The van der Waals surface area contributed by atoms with Crippen LogP contribution in [0.25, 0.3) is 0 Å². The molecular weight excluding hydrogens is 159 g/mol. The van der Waals surface area contributed by atoms with Crippen molar-refractivity contribution >= 4 is 5.91 Å². The molecule has 1 unspecified atom stereocenters. The van der Waals surface area contributed by atoms with Gasteiger partial charge in [-0.2, -0.15) is 0 Å². The zero-order valence-corrected chi connectivity index (χ0v) is 7.77. The fourth-order valence-electron chi connectivity index (χ4n) is 1.46. The zero-order valence-electron chi connectivity index (χ0n) is 7.77. The van der Waals surface area contributed by atoms with E-state index in [4.69, 9.17) is 0 Å². The Morgan fingerprint density at radius 1 is 1.67 bits per heavy atom. The molecule has 1 aliphatic heterocycles. The minimum atomic E-state index is -1.16. The van der Waals surface area contributed by atoms with E-state index < -0.39 is 5.67 Å². The number of hydrogen-bond donors (Lipinski definition) is 1. The van der Waals surface area contributed by atoms with Gasteiger partial charge in [-0.15, -0.1) is 0 Å². The van der Waals surface area contributed by atoms with Gasteiger partial charge in [0.15, 0.2) is 0 Å². The van der Waals surface area contributed by atoms with E-state index in [0.29, 0.717) is 6.42 Å². The number of alkyl halides is 1. The lowest BCUT2D eigenvalue weighted by atomic mass is 9.97. The molecule has 0 spiro atoms. The molecule has 0 radical (unpaired) electrons. The largest absolute Gasteiger partial charge is 0.344 e. The molecule has 1 heterocycles. The maximum Gasteiger partial charge on any atom is 0.219 e. The van der Waals surface area contributed by atoms with Crippen molar-refractivity contribution in [3.63, 3.8) is 0 Å². The van der Waals surface area contributed by atoms with Gasteiger partial charge in [0.2, 0.25) is 5.91 Å². The van der Waals surface area contributed by atoms with E-state index in [1.165, 1.54) is 6.92 Å². The molecule has 0 aromatic rings. The van der Waals surface area contributed by atoms with Gasteiger partial charge >= 0.3 is 0 Å². The Hall–Kier alpha value is -0.640. The Bertz CT molecular complexity index is 176. The van der Waals surface area contributed by atoms with Crippen LogP contribution in [0.15, 0.2) is 0 Å². The number of likely N-dealkylation sites (tertiary alicyclic amines) is 1. The number of carbonyl (C=O) groups is 1. The predicted molar refractivity (Wildman–Crippen MR) is 48.1 cm³/mol. The smallest absolute Gasteiger partial charge is 0.219 e. The lowest BCUT2D eigenvalue weighted by molar-refractivity contribution is -0.132. The molecule has 1 aliphatic rings. The van der Waals surface area contributed by atoms with Crippen LogP contribution in [-0.2, 0) is 4.79 Å². The molecule has 74 valence electrons. The standard InChI is InChI=1S/C8H14FNO.H3N.H2/c1-7(11)10-5-3-4-8(2,9)6-10;;/h3-6H2,1-2H3;1H3;1H. The molecule has 4 heteroatoms. The number of rotatable bonds is 0. The molecule has 1 amide bonds. The third kappa shape index (κ3) is 2.77. The maximum absolute atomic E-state index is 13.3. The minimum absolute atomic E-state index is 0. The topological polar surface area (TPSA) is 55.3 Å². The highest BCUT2D eigenvalue weighted by Crippen LogP contribution is 2.24. The van der Waals surface area contributed by atoms with E-state index in [1.807, 2.05) is 0 Å². The Morgan fingerprint density at radius 3 is 2.58 bits per heavy atom. The molecule has 1 saturated heterocycles. The number of hydrogen-bond acceptors (Lipinski definition) is 2. The fourth-order valence-corrected chi connectivity index (χ4v) is 1.46. The first kappa shape index (κ1) is 11.4. The van der Waals surface area contributed by atoms with Gasteiger partial charge in [0.25, 0.3) is 0 Å². The molecule has 0 aliphatic carbocycles. The average molecular weight is 178 g/mol. The lowest BCUT2D eigenvalue weighted by Crippen LogP contribution is -2.45. The van der Waals surface area contributed by atoms with Gasteiger partial charge in [-0.05, 0) is 19.8 Å². The van der Waals surface area contributed by atoms with Crippen molar-refractivity contribution in [2.24, 2.45) is 0 Å².